The molecule has 1 atom stereocenters. The van der Waals surface area contributed by atoms with E-state index < -0.39 is 0 Å². The standard InChI is InChI=1S/C14H20/c1-4-11-7-13-6-5-12(10(2)3)9-14(13)8-11/h5-6,9-11H,4,7-8H2,1-3H3. The van der Waals surface area contributed by atoms with Crippen LogP contribution in [-0.4, -0.2) is 0 Å². The van der Waals surface area contributed by atoms with Gasteiger partial charge in [-0.2, -0.15) is 0 Å². The lowest BCUT2D eigenvalue weighted by atomic mass is 9.99. The fourth-order valence-corrected chi connectivity index (χ4v) is 2.38. The highest BCUT2D eigenvalue weighted by Crippen LogP contribution is 2.30. The zero-order valence-electron chi connectivity index (χ0n) is 9.51. The average molecular weight is 188 g/mol. The summed E-state index contributed by atoms with van der Waals surface area (Å²) in [5.41, 5.74) is 4.71. The van der Waals surface area contributed by atoms with Crippen LogP contribution in [-0.2, 0) is 12.8 Å². The molecule has 0 fully saturated rings. The molecule has 0 bridgehead atoms. The van der Waals surface area contributed by atoms with Gasteiger partial charge < -0.3 is 0 Å². The van der Waals surface area contributed by atoms with E-state index in [0.717, 1.165) is 5.92 Å². The second kappa shape index (κ2) is 3.76. The molecule has 1 unspecified atom stereocenters. The maximum Gasteiger partial charge on any atom is -0.0219 e. The maximum absolute atomic E-state index is 2.43. The molecule has 0 saturated heterocycles. The van der Waals surface area contributed by atoms with Crippen LogP contribution in [0.2, 0.25) is 0 Å². The summed E-state index contributed by atoms with van der Waals surface area (Å²) in [6.07, 6.45) is 3.95. The second-order valence-electron chi connectivity index (χ2n) is 4.87. The topological polar surface area (TPSA) is 0 Å². The van der Waals surface area contributed by atoms with Crippen molar-refractivity contribution in [3.8, 4) is 0 Å². The number of hydrogen-bond acceptors (Lipinski definition) is 0. The Balaban J connectivity index is 2.26. The smallest absolute Gasteiger partial charge is 0.0219 e. The molecule has 1 aromatic carbocycles. The van der Waals surface area contributed by atoms with E-state index in [0.29, 0.717) is 5.92 Å². The lowest BCUT2D eigenvalue weighted by Gasteiger charge is -2.07. The van der Waals surface area contributed by atoms with Gasteiger partial charge in [0.1, 0.15) is 0 Å². The quantitative estimate of drug-likeness (QED) is 0.659. The summed E-state index contributed by atoms with van der Waals surface area (Å²) in [6.45, 7) is 6.85. The van der Waals surface area contributed by atoms with Crippen molar-refractivity contribution in [3.05, 3.63) is 34.9 Å². The van der Waals surface area contributed by atoms with E-state index in [-0.39, 0.29) is 0 Å². The molecule has 0 nitrogen and oxygen atoms in total. The van der Waals surface area contributed by atoms with Gasteiger partial charge in [0.25, 0.3) is 0 Å². The molecule has 0 heterocycles. The van der Waals surface area contributed by atoms with Gasteiger partial charge in [-0.05, 0) is 41.4 Å². The van der Waals surface area contributed by atoms with E-state index in [4.69, 9.17) is 0 Å². The number of rotatable bonds is 2. The number of hydrogen-bond donors (Lipinski definition) is 0. The third-order valence-corrected chi connectivity index (χ3v) is 3.49. The Morgan fingerprint density at radius 1 is 1.21 bits per heavy atom. The first kappa shape index (κ1) is 9.76. The molecule has 0 spiro atoms. The third-order valence-electron chi connectivity index (χ3n) is 3.49. The molecule has 0 radical (unpaired) electrons. The Hall–Kier alpha value is -0.780. The van der Waals surface area contributed by atoms with Crippen molar-refractivity contribution in [2.45, 2.75) is 46.0 Å². The zero-order chi connectivity index (χ0) is 10.1. The molecular weight excluding hydrogens is 168 g/mol. The lowest BCUT2D eigenvalue weighted by molar-refractivity contribution is 0.542. The average Bonchev–Trinajstić information content (AvgIpc) is 2.58. The van der Waals surface area contributed by atoms with Gasteiger partial charge in [-0.25, -0.2) is 0 Å². The van der Waals surface area contributed by atoms with Crippen LogP contribution in [0.25, 0.3) is 0 Å². The largest absolute Gasteiger partial charge is 0.0651 e. The summed E-state index contributed by atoms with van der Waals surface area (Å²) in [7, 11) is 0. The summed E-state index contributed by atoms with van der Waals surface area (Å²) in [6, 6.07) is 7.08. The molecule has 2 rings (SSSR count). The Bertz CT molecular complexity index is 323. The molecular formula is C14H20. The van der Waals surface area contributed by atoms with Crippen molar-refractivity contribution >= 4 is 0 Å². The molecule has 0 N–H and O–H groups in total. The van der Waals surface area contributed by atoms with Crippen LogP contribution < -0.4 is 0 Å². The molecule has 76 valence electrons. The van der Waals surface area contributed by atoms with Crippen LogP contribution in [0.4, 0.5) is 0 Å². The molecule has 0 aromatic heterocycles. The van der Waals surface area contributed by atoms with E-state index in [2.05, 4.69) is 39.0 Å². The first-order valence-corrected chi connectivity index (χ1v) is 5.82. The second-order valence-corrected chi connectivity index (χ2v) is 4.87. The Kier molecular flexibility index (Phi) is 2.62. The summed E-state index contributed by atoms with van der Waals surface area (Å²) in [4.78, 5) is 0. The van der Waals surface area contributed by atoms with Crippen LogP contribution in [0, 0.1) is 5.92 Å². The number of fused-ring (bicyclic) bond motifs is 1. The van der Waals surface area contributed by atoms with Crippen molar-refractivity contribution < 1.29 is 0 Å². The minimum absolute atomic E-state index is 0.668. The Morgan fingerprint density at radius 3 is 2.57 bits per heavy atom. The molecule has 1 aliphatic carbocycles. The van der Waals surface area contributed by atoms with Gasteiger partial charge >= 0.3 is 0 Å². The predicted octanol–water partition coefficient (Wildman–Crippen LogP) is 3.93. The minimum atomic E-state index is 0.668. The Morgan fingerprint density at radius 2 is 1.93 bits per heavy atom. The predicted molar refractivity (Wildman–Crippen MR) is 61.7 cm³/mol. The van der Waals surface area contributed by atoms with E-state index in [1.165, 1.54) is 24.8 Å². The summed E-state index contributed by atoms with van der Waals surface area (Å²) in [5.74, 6) is 1.58. The van der Waals surface area contributed by atoms with Crippen molar-refractivity contribution in [3.63, 3.8) is 0 Å². The van der Waals surface area contributed by atoms with E-state index in [1.807, 2.05) is 0 Å². The van der Waals surface area contributed by atoms with E-state index in [1.54, 1.807) is 11.1 Å². The fourth-order valence-electron chi connectivity index (χ4n) is 2.38. The molecule has 0 amide bonds. The first-order chi connectivity index (χ1) is 6.70. The monoisotopic (exact) mass is 188 g/mol. The first-order valence-electron chi connectivity index (χ1n) is 5.82. The van der Waals surface area contributed by atoms with Crippen LogP contribution in [0.1, 0.15) is 49.8 Å². The van der Waals surface area contributed by atoms with Crippen molar-refractivity contribution in [1.82, 2.24) is 0 Å². The van der Waals surface area contributed by atoms with Gasteiger partial charge in [-0.15, -0.1) is 0 Å². The highest BCUT2D eigenvalue weighted by atomic mass is 14.2. The van der Waals surface area contributed by atoms with Crippen molar-refractivity contribution in [2.24, 2.45) is 5.92 Å². The summed E-state index contributed by atoms with van der Waals surface area (Å²) in [5, 5.41) is 0. The van der Waals surface area contributed by atoms with Crippen molar-refractivity contribution in [1.29, 1.82) is 0 Å². The maximum atomic E-state index is 2.43. The molecule has 1 aliphatic rings. The van der Waals surface area contributed by atoms with Gasteiger partial charge in [0, 0.05) is 0 Å². The van der Waals surface area contributed by atoms with Crippen molar-refractivity contribution in [2.75, 3.05) is 0 Å². The molecule has 0 heteroatoms. The Labute approximate surface area is 87.3 Å². The molecule has 1 aromatic rings. The van der Waals surface area contributed by atoms with Crippen LogP contribution in [0.3, 0.4) is 0 Å². The highest BCUT2D eigenvalue weighted by molar-refractivity contribution is 5.37. The SMILES string of the molecule is CCC1Cc2ccc(C(C)C)cc2C1. The fraction of sp³-hybridized carbons (Fsp3) is 0.571. The van der Waals surface area contributed by atoms with Gasteiger partial charge in [-0.1, -0.05) is 45.4 Å². The van der Waals surface area contributed by atoms with E-state index >= 15 is 0 Å². The number of benzene rings is 1. The normalized spacial score (nSPS) is 20.1. The summed E-state index contributed by atoms with van der Waals surface area (Å²) >= 11 is 0. The van der Waals surface area contributed by atoms with Gasteiger partial charge in [-0.3, -0.25) is 0 Å². The van der Waals surface area contributed by atoms with Gasteiger partial charge in [0.05, 0.1) is 0 Å². The summed E-state index contributed by atoms with van der Waals surface area (Å²) < 4.78 is 0. The van der Waals surface area contributed by atoms with Crippen LogP contribution in [0.15, 0.2) is 18.2 Å². The minimum Gasteiger partial charge on any atom is -0.0651 e. The van der Waals surface area contributed by atoms with Crippen LogP contribution in [0.5, 0.6) is 0 Å². The van der Waals surface area contributed by atoms with E-state index in [9.17, 15) is 0 Å². The molecule has 0 saturated carbocycles. The molecule has 14 heavy (non-hydrogen) atoms. The lowest BCUT2D eigenvalue weighted by Crippen LogP contribution is -1.95. The highest BCUT2D eigenvalue weighted by Gasteiger charge is 2.20. The van der Waals surface area contributed by atoms with Crippen LogP contribution >= 0.6 is 0 Å². The zero-order valence-corrected chi connectivity index (χ0v) is 9.51. The third kappa shape index (κ3) is 1.70. The van der Waals surface area contributed by atoms with Gasteiger partial charge in [0.2, 0.25) is 0 Å². The van der Waals surface area contributed by atoms with Gasteiger partial charge in [0.15, 0.2) is 0 Å². The molecule has 0 aliphatic heterocycles.